The zero-order chi connectivity index (χ0) is 16.9. The molecule has 0 spiro atoms. The lowest BCUT2D eigenvalue weighted by Gasteiger charge is -2.04. The fraction of sp³-hybridized carbons (Fsp3) is 0.333. The Morgan fingerprint density at radius 3 is 2.88 bits per heavy atom. The summed E-state index contributed by atoms with van der Waals surface area (Å²) in [5, 5.41) is 2.84. The first-order valence-electron chi connectivity index (χ1n) is 8.11. The third kappa shape index (κ3) is 3.76. The van der Waals surface area contributed by atoms with Crippen molar-refractivity contribution < 1.29 is 9.21 Å². The molecule has 2 aromatic heterocycles. The van der Waals surface area contributed by atoms with E-state index in [1.165, 1.54) is 0 Å². The second-order valence-corrected chi connectivity index (χ2v) is 5.73. The molecule has 0 radical (unpaired) electrons. The lowest BCUT2D eigenvalue weighted by Crippen LogP contribution is -2.23. The largest absolute Gasteiger partial charge is 0.441 e. The van der Waals surface area contributed by atoms with Crippen molar-refractivity contribution in [2.24, 2.45) is 0 Å². The number of fused-ring (bicyclic) bond motifs is 1. The second-order valence-electron chi connectivity index (χ2n) is 5.73. The van der Waals surface area contributed by atoms with Gasteiger partial charge in [0.25, 0.3) is 5.91 Å². The van der Waals surface area contributed by atoms with E-state index in [0.717, 1.165) is 36.5 Å². The molecule has 0 aliphatic carbocycles. The highest BCUT2D eigenvalue weighted by Gasteiger charge is 2.11. The summed E-state index contributed by atoms with van der Waals surface area (Å²) in [6.07, 6.45) is 6.29. The topological polar surface area (TPSA) is 80.9 Å². The minimum atomic E-state index is -0.169. The highest BCUT2D eigenvalue weighted by atomic mass is 16.3. The van der Waals surface area contributed by atoms with Gasteiger partial charge in [-0.25, -0.2) is 4.98 Å². The van der Waals surface area contributed by atoms with E-state index in [1.54, 1.807) is 30.6 Å². The van der Waals surface area contributed by atoms with Crippen molar-refractivity contribution in [2.45, 2.75) is 39.7 Å². The number of benzene rings is 1. The SMILES string of the molecule is CCCCc1nc2cc(C(=O)NCc3cnc(C)cn3)ccc2o1. The van der Waals surface area contributed by atoms with Gasteiger partial charge in [-0.15, -0.1) is 0 Å². The van der Waals surface area contributed by atoms with Crippen molar-refractivity contribution in [1.82, 2.24) is 20.3 Å². The number of carbonyl (C=O) groups excluding carboxylic acids is 1. The van der Waals surface area contributed by atoms with Crippen LogP contribution in [-0.4, -0.2) is 20.9 Å². The average molecular weight is 324 g/mol. The van der Waals surface area contributed by atoms with Crippen molar-refractivity contribution in [3.8, 4) is 0 Å². The number of rotatable bonds is 6. The number of carbonyl (C=O) groups is 1. The zero-order valence-electron chi connectivity index (χ0n) is 13.9. The van der Waals surface area contributed by atoms with Crippen molar-refractivity contribution in [3.63, 3.8) is 0 Å². The molecule has 6 heteroatoms. The van der Waals surface area contributed by atoms with E-state index in [2.05, 4.69) is 27.2 Å². The van der Waals surface area contributed by atoms with Crippen LogP contribution < -0.4 is 5.32 Å². The monoisotopic (exact) mass is 324 g/mol. The Balaban J connectivity index is 1.68. The van der Waals surface area contributed by atoms with Gasteiger partial charge in [-0.1, -0.05) is 13.3 Å². The number of oxazole rings is 1. The van der Waals surface area contributed by atoms with Gasteiger partial charge in [-0.3, -0.25) is 14.8 Å². The van der Waals surface area contributed by atoms with Crippen LogP contribution in [0.25, 0.3) is 11.1 Å². The molecule has 0 atom stereocenters. The fourth-order valence-electron chi connectivity index (χ4n) is 2.33. The predicted octanol–water partition coefficient (Wildman–Crippen LogP) is 3.20. The van der Waals surface area contributed by atoms with Crippen LogP contribution in [0.2, 0.25) is 0 Å². The molecule has 0 unspecified atom stereocenters. The van der Waals surface area contributed by atoms with Gasteiger partial charge in [-0.05, 0) is 31.5 Å². The first-order valence-corrected chi connectivity index (χ1v) is 8.11. The Labute approximate surface area is 140 Å². The van der Waals surface area contributed by atoms with E-state index in [0.29, 0.717) is 23.2 Å². The summed E-state index contributed by atoms with van der Waals surface area (Å²) < 4.78 is 5.68. The molecule has 0 bridgehead atoms. The fourth-order valence-corrected chi connectivity index (χ4v) is 2.33. The molecular formula is C18H20N4O2. The number of hydrogen-bond acceptors (Lipinski definition) is 5. The lowest BCUT2D eigenvalue weighted by atomic mass is 10.2. The summed E-state index contributed by atoms with van der Waals surface area (Å²) in [4.78, 5) is 25.1. The number of amides is 1. The molecular weight excluding hydrogens is 304 g/mol. The van der Waals surface area contributed by atoms with Gasteiger partial charge in [0.2, 0.25) is 0 Å². The molecule has 0 aliphatic rings. The van der Waals surface area contributed by atoms with Crippen LogP contribution in [-0.2, 0) is 13.0 Å². The molecule has 3 rings (SSSR count). The molecule has 24 heavy (non-hydrogen) atoms. The van der Waals surface area contributed by atoms with Crippen molar-refractivity contribution in [3.05, 3.63) is 53.4 Å². The first-order chi connectivity index (χ1) is 11.7. The van der Waals surface area contributed by atoms with Gasteiger partial charge >= 0.3 is 0 Å². The van der Waals surface area contributed by atoms with Crippen LogP contribution >= 0.6 is 0 Å². The number of hydrogen-bond donors (Lipinski definition) is 1. The molecule has 2 heterocycles. The van der Waals surface area contributed by atoms with Crippen LogP contribution in [0.15, 0.2) is 35.0 Å². The van der Waals surface area contributed by atoms with Gasteiger partial charge in [0, 0.05) is 18.2 Å². The van der Waals surface area contributed by atoms with Gasteiger partial charge in [0.05, 0.1) is 24.1 Å². The maximum absolute atomic E-state index is 12.3. The van der Waals surface area contributed by atoms with Gasteiger partial charge < -0.3 is 9.73 Å². The van der Waals surface area contributed by atoms with Crippen molar-refractivity contribution >= 4 is 17.0 Å². The van der Waals surface area contributed by atoms with Crippen molar-refractivity contribution in [1.29, 1.82) is 0 Å². The van der Waals surface area contributed by atoms with E-state index in [-0.39, 0.29) is 5.91 Å². The van der Waals surface area contributed by atoms with Crippen LogP contribution in [0.5, 0.6) is 0 Å². The Morgan fingerprint density at radius 2 is 2.12 bits per heavy atom. The predicted molar refractivity (Wildman–Crippen MR) is 90.6 cm³/mol. The summed E-state index contributed by atoms with van der Waals surface area (Å²) in [7, 11) is 0. The zero-order valence-corrected chi connectivity index (χ0v) is 13.9. The Morgan fingerprint density at radius 1 is 1.25 bits per heavy atom. The molecule has 124 valence electrons. The summed E-state index contributed by atoms with van der Waals surface area (Å²) >= 11 is 0. The number of nitrogens with one attached hydrogen (secondary N) is 1. The summed E-state index contributed by atoms with van der Waals surface area (Å²) in [6, 6.07) is 5.29. The Hall–Kier alpha value is -2.76. The van der Waals surface area contributed by atoms with Crippen LogP contribution in [0.3, 0.4) is 0 Å². The quantitative estimate of drug-likeness (QED) is 0.753. The third-order valence-corrected chi connectivity index (χ3v) is 3.70. The highest BCUT2D eigenvalue weighted by molar-refractivity contribution is 5.97. The number of aromatic nitrogens is 3. The van der Waals surface area contributed by atoms with Crippen molar-refractivity contribution in [2.75, 3.05) is 0 Å². The van der Waals surface area contributed by atoms with Gasteiger partial charge in [0.1, 0.15) is 5.52 Å². The summed E-state index contributed by atoms with van der Waals surface area (Å²) in [5.74, 6) is 0.553. The van der Waals surface area contributed by atoms with Crippen LogP contribution in [0, 0.1) is 6.92 Å². The molecule has 3 aromatic rings. The smallest absolute Gasteiger partial charge is 0.251 e. The van der Waals surface area contributed by atoms with Gasteiger partial charge in [-0.2, -0.15) is 0 Å². The third-order valence-electron chi connectivity index (χ3n) is 3.70. The molecule has 6 nitrogen and oxygen atoms in total. The minimum absolute atomic E-state index is 0.169. The minimum Gasteiger partial charge on any atom is -0.441 e. The lowest BCUT2D eigenvalue weighted by molar-refractivity contribution is 0.0950. The van der Waals surface area contributed by atoms with E-state index in [1.807, 2.05) is 6.92 Å². The van der Waals surface area contributed by atoms with E-state index in [9.17, 15) is 4.79 Å². The second kappa shape index (κ2) is 7.21. The molecule has 0 aliphatic heterocycles. The first kappa shape index (κ1) is 16.1. The maximum Gasteiger partial charge on any atom is 0.251 e. The van der Waals surface area contributed by atoms with E-state index < -0.39 is 0 Å². The summed E-state index contributed by atoms with van der Waals surface area (Å²) in [5.41, 5.74) is 3.54. The molecule has 1 aromatic carbocycles. The average Bonchev–Trinajstić information content (AvgIpc) is 3.01. The molecule has 0 saturated heterocycles. The number of unbranched alkanes of at least 4 members (excludes halogenated alkanes) is 1. The standard InChI is InChI=1S/C18H20N4O2/c1-3-4-5-17-22-15-8-13(6-7-16(15)24-17)18(23)21-11-14-10-19-12(2)9-20-14/h6-10H,3-5,11H2,1-2H3,(H,21,23). The van der Waals surface area contributed by atoms with Crippen LogP contribution in [0.4, 0.5) is 0 Å². The van der Waals surface area contributed by atoms with Crippen LogP contribution in [0.1, 0.15) is 47.4 Å². The Bertz CT molecular complexity index is 840. The van der Waals surface area contributed by atoms with Gasteiger partial charge in [0.15, 0.2) is 11.5 Å². The van der Waals surface area contributed by atoms with E-state index >= 15 is 0 Å². The summed E-state index contributed by atoms with van der Waals surface area (Å²) in [6.45, 7) is 4.34. The normalized spacial score (nSPS) is 10.9. The molecule has 0 saturated carbocycles. The highest BCUT2D eigenvalue weighted by Crippen LogP contribution is 2.18. The maximum atomic E-state index is 12.3. The molecule has 1 amide bonds. The van der Waals surface area contributed by atoms with E-state index in [4.69, 9.17) is 4.42 Å². The number of aryl methyl sites for hydroxylation is 2. The molecule has 1 N–H and O–H groups in total. The molecule has 0 fully saturated rings. The number of nitrogens with zero attached hydrogens (tertiary/aromatic N) is 3. The Kier molecular flexibility index (Phi) is 4.84.